The van der Waals surface area contributed by atoms with Crippen LogP contribution in [0.2, 0.25) is 0 Å². The molecule has 2 aromatic heterocycles. The van der Waals surface area contributed by atoms with Crippen LogP contribution in [0.25, 0.3) is 33.3 Å². The fourth-order valence-electron chi connectivity index (χ4n) is 2.35. The van der Waals surface area contributed by atoms with Crippen LogP contribution in [0.15, 0.2) is 63.5 Å². The van der Waals surface area contributed by atoms with Crippen molar-refractivity contribution in [1.29, 1.82) is 0 Å². The first kappa shape index (κ1) is 10.9. The standard InChI is InChI=1S/C16H10BrNO/c17-12-6-5-10-7-14(18-13(10)9-12)16-8-11-3-1-2-4-15(11)19-16/h1-9,18H. The maximum Gasteiger partial charge on any atom is 0.151 e. The van der Waals surface area contributed by atoms with Crippen LogP contribution in [0.1, 0.15) is 0 Å². The molecular formula is C16H10BrNO. The summed E-state index contributed by atoms with van der Waals surface area (Å²) in [7, 11) is 0. The number of halogens is 1. The van der Waals surface area contributed by atoms with Gasteiger partial charge < -0.3 is 9.40 Å². The van der Waals surface area contributed by atoms with Crippen LogP contribution in [0.4, 0.5) is 0 Å². The molecule has 0 unspecified atom stereocenters. The number of furan rings is 1. The monoisotopic (exact) mass is 311 g/mol. The number of hydrogen-bond acceptors (Lipinski definition) is 1. The van der Waals surface area contributed by atoms with Gasteiger partial charge in [-0.2, -0.15) is 0 Å². The lowest BCUT2D eigenvalue weighted by atomic mass is 10.2. The van der Waals surface area contributed by atoms with E-state index in [1.165, 1.54) is 5.39 Å². The van der Waals surface area contributed by atoms with Gasteiger partial charge >= 0.3 is 0 Å². The summed E-state index contributed by atoms with van der Waals surface area (Å²) in [6, 6.07) is 18.4. The molecule has 0 bridgehead atoms. The predicted molar refractivity (Wildman–Crippen MR) is 81.2 cm³/mol. The topological polar surface area (TPSA) is 28.9 Å². The molecular weight excluding hydrogens is 302 g/mol. The number of aromatic nitrogens is 1. The minimum atomic E-state index is 0.869. The third-order valence-corrected chi connectivity index (χ3v) is 3.77. The third-order valence-electron chi connectivity index (χ3n) is 3.28. The summed E-state index contributed by atoms with van der Waals surface area (Å²) >= 11 is 3.48. The Labute approximate surface area is 118 Å². The van der Waals surface area contributed by atoms with Crippen molar-refractivity contribution in [3.8, 4) is 11.5 Å². The van der Waals surface area contributed by atoms with Gasteiger partial charge in [-0.05, 0) is 30.3 Å². The van der Waals surface area contributed by atoms with E-state index in [-0.39, 0.29) is 0 Å². The molecule has 0 aliphatic heterocycles. The normalized spacial score (nSPS) is 11.4. The fraction of sp³-hybridized carbons (Fsp3) is 0. The summed E-state index contributed by atoms with van der Waals surface area (Å²) in [5, 5.41) is 2.30. The Hall–Kier alpha value is -2.00. The number of rotatable bonds is 1. The van der Waals surface area contributed by atoms with Gasteiger partial charge in [0.15, 0.2) is 5.76 Å². The zero-order valence-corrected chi connectivity index (χ0v) is 11.6. The first-order chi connectivity index (χ1) is 9.29. The Morgan fingerprint density at radius 3 is 2.68 bits per heavy atom. The average molecular weight is 312 g/mol. The van der Waals surface area contributed by atoms with E-state index in [9.17, 15) is 0 Å². The lowest BCUT2D eigenvalue weighted by Gasteiger charge is -1.90. The first-order valence-electron chi connectivity index (χ1n) is 6.07. The van der Waals surface area contributed by atoms with Crippen molar-refractivity contribution in [2.75, 3.05) is 0 Å². The summed E-state index contributed by atoms with van der Waals surface area (Å²) in [5.41, 5.74) is 3.02. The van der Waals surface area contributed by atoms with Gasteiger partial charge in [-0.1, -0.05) is 40.2 Å². The van der Waals surface area contributed by atoms with Crippen molar-refractivity contribution in [2.45, 2.75) is 0 Å². The predicted octanol–water partition coefficient (Wildman–Crippen LogP) is 5.34. The number of benzene rings is 2. The Morgan fingerprint density at radius 2 is 1.79 bits per heavy atom. The van der Waals surface area contributed by atoms with Crippen molar-refractivity contribution in [3.63, 3.8) is 0 Å². The van der Waals surface area contributed by atoms with E-state index in [1.807, 2.05) is 24.3 Å². The lowest BCUT2D eigenvalue weighted by molar-refractivity contribution is 0.629. The molecule has 4 rings (SSSR count). The van der Waals surface area contributed by atoms with Crippen LogP contribution in [-0.2, 0) is 0 Å². The van der Waals surface area contributed by atoms with Crippen LogP contribution in [0.5, 0.6) is 0 Å². The second kappa shape index (κ2) is 4.00. The van der Waals surface area contributed by atoms with Gasteiger partial charge in [0.2, 0.25) is 0 Å². The number of para-hydroxylation sites is 1. The molecule has 0 amide bonds. The second-order valence-corrected chi connectivity index (χ2v) is 5.48. The molecule has 3 heteroatoms. The molecule has 2 aromatic carbocycles. The molecule has 0 aliphatic carbocycles. The zero-order chi connectivity index (χ0) is 12.8. The smallest absolute Gasteiger partial charge is 0.151 e. The van der Waals surface area contributed by atoms with E-state index in [0.29, 0.717) is 0 Å². The van der Waals surface area contributed by atoms with Crippen LogP contribution in [0, 0.1) is 0 Å². The number of H-pyrrole nitrogens is 1. The average Bonchev–Trinajstić information content (AvgIpc) is 3.00. The van der Waals surface area contributed by atoms with Gasteiger partial charge in [0.05, 0.1) is 5.69 Å². The minimum Gasteiger partial charge on any atom is -0.455 e. The molecule has 19 heavy (non-hydrogen) atoms. The van der Waals surface area contributed by atoms with Crippen molar-refractivity contribution in [2.24, 2.45) is 0 Å². The van der Waals surface area contributed by atoms with E-state index >= 15 is 0 Å². The second-order valence-electron chi connectivity index (χ2n) is 4.56. The summed E-state index contributed by atoms with van der Waals surface area (Å²) in [6.07, 6.45) is 0. The fourth-order valence-corrected chi connectivity index (χ4v) is 2.71. The SMILES string of the molecule is Brc1ccc2cc(-c3cc4ccccc4o3)[nH]c2c1. The minimum absolute atomic E-state index is 0.869. The van der Waals surface area contributed by atoms with Gasteiger partial charge in [-0.25, -0.2) is 0 Å². The number of fused-ring (bicyclic) bond motifs is 2. The van der Waals surface area contributed by atoms with E-state index in [1.54, 1.807) is 0 Å². The number of hydrogen-bond donors (Lipinski definition) is 1. The quantitative estimate of drug-likeness (QED) is 0.505. The third kappa shape index (κ3) is 1.78. The molecule has 1 N–H and O–H groups in total. The van der Waals surface area contributed by atoms with Crippen molar-refractivity contribution < 1.29 is 4.42 Å². The highest BCUT2D eigenvalue weighted by atomic mass is 79.9. The molecule has 4 aromatic rings. The van der Waals surface area contributed by atoms with Gasteiger partial charge in [0, 0.05) is 20.8 Å². The summed E-state index contributed by atoms with van der Waals surface area (Å²) in [4.78, 5) is 3.39. The highest BCUT2D eigenvalue weighted by Gasteiger charge is 2.08. The van der Waals surface area contributed by atoms with Gasteiger partial charge in [-0.3, -0.25) is 0 Å². The van der Waals surface area contributed by atoms with Gasteiger partial charge in [0.25, 0.3) is 0 Å². The lowest BCUT2D eigenvalue weighted by Crippen LogP contribution is -1.71. The molecule has 92 valence electrons. The summed E-state index contributed by atoms with van der Waals surface area (Å²) in [6.45, 7) is 0. The summed E-state index contributed by atoms with van der Waals surface area (Å²) in [5.74, 6) is 0.869. The Bertz CT molecular complexity index is 855. The Morgan fingerprint density at radius 1 is 0.895 bits per heavy atom. The Balaban J connectivity index is 1.93. The maximum atomic E-state index is 5.87. The number of nitrogens with one attached hydrogen (secondary N) is 1. The van der Waals surface area contributed by atoms with Crippen LogP contribution >= 0.6 is 15.9 Å². The molecule has 0 aliphatic rings. The van der Waals surface area contributed by atoms with Gasteiger partial charge in [0.1, 0.15) is 5.58 Å². The molecule has 2 nitrogen and oxygen atoms in total. The highest BCUT2D eigenvalue weighted by molar-refractivity contribution is 9.10. The van der Waals surface area contributed by atoms with Crippen LogP contribution < -0.4 is 0 Å². The van der Waals surface area contributed by atoms with Crippen LogP contribution in [0.3, 0.4) is 0 Å². The highest BCUT2D eigenvalue weighted by Crippen LogP contribution is 2.30. The van der Waals surface area contributed by atoms with E-state index in [2.05, 4.69) is 51.2 Å². The maximum absolute atomic E-state index is 5.87. The summed E-state index contributed by atoms with van der Waals surface area (Å²) < 4.78 is 6.94. The van der Waals surface area contributed by atoms with Crippen molar-refractivity contribution in [3.05, 3.63) is 59.1 Å². The van der Waals surface area contributed by atoms with E-state index in [0.717, 1.165) is 32.4 Å². The molecule has 2 heterocycles. The van der Waals surface area contributed by atoms with Crippen molar-refractivity contribution >= 4 is 37.8 Å². The molecule has 0 saturated heterocycles. The number of aromatic amines is 1. The molecule has 0 spiro atoms. The largest absolute Gasteiger partial charge is 0.455 e. The van der Waals surface area contributed by atoms with Crippen LogP contribution in [-0.4, -0.2) is 4.98 Å². The van der Waals surface area contributed by atoms with E-state index in [4.69, 9.17) is 4.42 Å². The first-order valence-corrected chi connectivity index (χ1v) is 6.86. The molecule has 0 radical (unpaired) electrons. The molecule has 0 atom stereocenters. The van der Waals surface area contributed by atoms with Crippen molar-refractivity contribution in [1.82, 2.24) is 4.98 Å². The zero-order valence-electron chi connectivity index (χ0n) is 9.98. The van der Waals surface area contributed by atoms with E-state index < -0.39 is 0 Å². The Kier molecular flexibility index (Phi) is 2.29. The molecule has 0 saturated carbocycles. The van der Waals surface area contributed by atoms with Gasteiger partial charge in [-0.15, -0.1) is 0 Å². The molecule has 0 fully saturated rings.